The summed E-state index contributed by atoms with van der Waals surface area (Å²) in [4.78, 5) is 27.9. The van der Waals surface area contributed by atoms with Gasteiger partial charge in [0.05, 0.1) is 11.9 Å². The van der Waals surface area contributed by atoms with E-state index < -0.39 is 0 Å². The maximum Gasteiger partial charge on any atom is 0.251 e. The van der Waals surface area contributed by atoms with Crippen LogP contribution in [0.2, 0.25) is 0 Å². The van der Waals surface area contributed by atoms with Gasteiger partial charge >= 0.3 is 0 Å². The van der Waals surface area contributed by atoms with E-state index in [-0.39, 0.29) is 30.2 Å². The molecule has 4 N–H and O–H groups in total. The molecule has 0 radical (unpaired) electrons. The van der Waals surface area contributed by atoms with Crippen LogP contribution in [0.4, 0.5) is 11.5 Å². The molecular formula is C19H24N4O2. The van der Waals surface area contributed by atoms with Gasteiger partial charge in [0.25, 0.3) is 5.91 Å². The van der Waals surface area contributed by atoms with E-state index in [9.17, 15) is 9.59 Å². The van der Waals surface area contributed by atoms with Crippen LogP contribution in [0.25, 0.3) is 0 Å². The van der Waals surface area contributed by atoms with Gasteiger partial charge in [-0.1, -0.05) is 32.9 Å². The van der Waals surface area contributed by atoms with Crippen LogP contribution in [0.5, 0.6) is 0 Å². The molecule has 2 aromatic rings. The summed E-state index contributed by atoms with van der Waals surface area (Å²) in [6.07, 6.45) is 1.67. The summed E-state index contributed by atoms with van der Waals surface area (Å²) < 4.78 is 0. The van der Waals surface area contributed by atoms with Crippen LogP contribution in [0.1, 0.15) is 43.1 Å². The quantitative estimate of drug-likeness (QED) is 0.779. The van der Waals surface area contributed by atoms with Gasteiger partial charge in [0.1, 0.15) is 5.82 Å². The molecule has 0 bridgehead atoms. The molecule has 0 saturated carbocycles. The summed E-state index contributed by atoms with van der Waals surface area (Å²) in [7, 11) is 0. The van der Waals surface area contributed by atoms with Crippen molar-refractivity contribution in [3.05, 3.63) is 53.7 Å². The van der Waals surface area contributed by atoms with Crippen molar-refractivity contribution in [1.29, 1.82) is 0 Å². The van der Waals surface area contributed by atoms with Crippen LogP contribution >= 0.6 is 0 Å². The number of nitrogens with two attached hydrogens (primary N) is 1. The summed E-state index contributed by atoms with van der Waals surface area (Å²) >= 11 is 0. The fraction of sp³-hybridized carbons (Fsp3) is 0.316. The first kappa shape index (κ1) is 18.4. The van der Waals surface area contributed by atoms with Gasteiger partial charge in [-0.3, -0.25) is 9.59 Å². The highest BCUT2D eigenvalue weighted by atomic mass is 16.2. The molecule has 2 rings (SSSR count). The fourth-order valence-corrected chi connectivity index (χ4v) is 2.22. The van der Waals surface area contributed by atoms with Gasteiger partial charge in [-0.15, -0.1) is 0 Å². The van der Waals surface area contributed by atoms with E-state index in [1.807, 2.05) is 12.1 Å². The van der Waals surface area contributed by atoms with E-state index in [1.165, 1.54) is 11.8 Å². The van der Waals surface area contributed by atoms with Crippen molar-refractivity contribution in [2.75, 3.05) is 17.6 Å². The van der Waals surface area contributed by atoms with Crippen LogP contribution in [0.15, 0.2) is 42.6 Å². The lowest BCUT2D eigenvalue weighted by molar-refractivity contribution is -0.116. The smallest absolute Gasteiger partial charge is 0.251 e. The second-order valence-electron chi connectivity index (χ2n) is 6.85. The molecular weight excluding hydrogens is 316 g/mol. The SMILES string of the molecule is CC(C)(C)c1ccc(C(=O)NCCC(=O)Nc2ccc(N)nc2)cc1. The lowest BCUT2D eigenvalue weighted by Crippen LogP contribution is -2.27. The van der Waals surface area contributed by atoms with Crippen LogP contribution < -0.4 is 16.4 Å². The Morgan fingerprint density at radius 2 is 1.76 bits per heavy atom. The number of anilines is 2. The molecule has 6 heteroatoms. The zero-order valence-corrected chi connectivity index (χ0v) is 14.8. The standard InChI is InChI=1S/C19H24N4O2/c1-19(2,3)14-6-4-13(5-7-14)18(25)21-11-10-17(24)23-15-8-9-16(20)22-12-15/h4-9,12H,10-11H2,1-3H3,(H2,20,22)(H,21,25)(H,23,24). The van der Waals surface area contributed by atoms with Gasteiger partial charge < -0.3 is 16.4 Å². The molecule has 1 heterocycles. The third kappa shape index (κ3) is 5.60. The van der Waals surface area contributed by atoms with E-state index in [0.29, 0.717) is 17.1 Å². The lowest BCUT2D eigenvalue weighted by atomic mass is 9.87. The molecule has 1 aromatic carbocycles. The first-order valence-electron chi connectivity index (χ1n) is 8.16. The van der Waals surface area contributed by atoms with E-state index in [2.05, 4.69) is 36.4 Å². The molecule has 25 heavy (non-hydrogen) atoms. The van der Waals surface area contributed by atoms with Gasteiger partial charge in [0.2, 0.25) is 5.91 Å². The van der Waals surface area contributed by atoms with Gasteiger partial charge in [-0.2, -0.15) is 0 Å². The largest absolute Gasteiger partial charge is 0.384 e. The molecule has 0 aliphatic rings. The van der Waals surface area contributed by atoms with Crippen molar-refractivity contribution in [3.63, 3.8) is 0 Å². The van der Waals surface area contributed by atoms with Crippen molar-refractivity contribution in [2.24, 2.45) is 0 Å². The van der Waals surface area contributed by atoms with Crippen molar-refractivity contribution in [2.45, 2.75) is 32.6 Å². The van der Waals surface area contributed by atoms with Crippen molar-refractivity contribution < 1.29 is 9.59 Å². The molecule has 0 fully saturated rings. The second kappa shape index (κ2) is 7.79. The van der Waals surface area contributed by atoms with E-state index in [1.54, 1.807) is 24.3 Å². The fourth-order valence-electron chi connectivity index (χ4n) is 2.22. The highest BCUT2D eigenvalue weighted by molar-refractivity contribution is 5.95. The number of carbonyl (C=O) groups excluding carboxylic acids is 2. The molecule has 1 aromatic heterocycles. The molecule has 6 nitrogen and oxygen atoms in total. The third-order valence-corrected chi connectivity index (χ3v) is 3.72. The zero-order chi connectivity index (χ0) is 18.4. The lowest BCUT2D eigenvalue weighted by Gasteiger charge is -2.19. The third-order valence-electron chi connectivity index (χ3n) is 3.72. The Balaban J connectivity index is 1.79. The van der Waals surface area contributed by atoms with Crippen LogP contribution in [0.3, 0.4) is 0 Å². The van der Waals surface area contributed by atoms with E-state index in [0.717, 1.165) is 0 Å². The van der Waals surface area contributed by atoms with Gasteiger partial charge in [0.15, 0.2) is 0 Å². The molecule has 0 aliphatic heterocycles. The van der Waals surface area contributed by atoms with Crippen LogP contribution in [0, 0.1) is 0 Å². The predicted octanol–water partition coefficient (Wildman–Crippen LogP) is 2.72. The number of nitrogen functional groups attached to an aromatic ring is 1. The first-order chi connectivity index (χ1) is 11.8. The van der Waals surface area contributed by atoms with Gasteiger partial charge in [0, 0.05) is 18.5 Å². The number of hydrogen-bond donors (Lipinski definition) is 3. The van der Waals surface area contributed by atoms with Crippen molar-refractivity contribution >= 4 is 23.3 Å². The monoisotopic (exact) mass is 340 g/mol. The Bertz CT molecular complexity index is 732. The maximum atomic E-state index is 12.1. The predicted molar refractivity (Wildman–Crippen MR) is 99.4 cm³/mol. The van der Waals surface area contributed by atoms with Crippen LogP contribution in [-0.4, -0.2) is 23.3 Å². The summed E-state index contributed by atoms with van der Waals surface area (Å²) in [6.45, 7) is 6.62. The number of nitrogens with one attached hydrogen (secondary N) is 2. The highest BCUT2D eigenvalue weighted by Crippen LogP contribution is 2.22. The zero-order valence-electron chi connectivity index (χ0n) is 14.8. The van der Waals surface area contributed by atoms with Crippen molar-refractivity contribution in [1.82, 2.24) is 10.3 Å². The minimum atomic E-state index is -0.199. The number of nitrogens with zero attached hydrogens (tertiary/aromatic N) is 1. The van der Waals surface area contributed by atoms with Crippen LogP contribution in [-0.2, 0) is 10.2 Å². The second-order valence-corrected chi connectivity index (χ2v) is 6.85. The van der Waals surface area contributed by atoms with Crippen molar-refractivity contribution in [3.8, 4) is 0 Å². The molecule has 0 aliphatic carbocycles. The summed E-state index contributed by atoms with van der Waals surface area (Å²) in [5.41, 5.74) is 7.85. The number of pyridine rings is 1. The number of carbonyl (C=O) groups is 2. The van der Waals surface area contributed by atoms with Gasteiger partial charge in [-0.25, -0.2) is 4.98 Å². The topological polar surface area (TPSA) is 97.1 Å². The normalized spacial score (nSPS) is 11.0. The first-order valence-corrected chi connectivity index (χ1v) is 8.16. The number of amides is 2. The average Bonchev–Trinajstić information content (AvgIpc) is 2.56. The Kier molecular flexibility index (Phi) is 5.75. The molecule has 132 valence electrons. The number of benzene rings is 1. The summed E-state index contributed by atoms with van der Waals surface area (Å²) in [5.74, 6) is 0.0000962. The molecule has 0 saturated heterocycles. The average molecular weight is 340 g/mol. The van der Waals surface area contributed by atoms with E-state index in [4.69, 9.17) is 5.73 Å². The summed E-state index contributed by atoms with van der Waals surface area (Å²) in [5, 5.41) is 5.45. The summed E-state index contributed by atoms with van der Waals surface area (Å²) in [6, 6.07) is 10.8. The Morgan fingerprint density at radius 1 is 1.08 bits per heavy atom. The highest BCUT2D eigenvalue weighted by Gasteiger charge is 2.14. The number of rotatable bonds is 5. The maximum absolute atomic E-state index is 12.1. The molecule has 0 unspecified atom stereocenters. The molecule has 0 spiro atoms. The Morgan fingerprint density at radius 3 is 2.32 bits per heavy atom. The molecule has 2 amide bonds. The minimum absolute atomic E-state index is 0.0457. The van der Waals surface area contributed by atoms with Gasteiger partial charge in [-0.05, 0) is 35.2 Å². The molecule has 0 atom stereocenters. The Hall–Kier alpha value is -2.89. The number of hydrogen-bond acceptors (Lipinski definition) is 4. The number of aromatic nitrogens is 1. The van der Waals surface area contributed by atoms with E-state index >= 15 is 0 Å². The Labute approximate surface area is 147 Å². The minimum Gasteiger partial charge on any atom is -0.384 e.